The van der Waals surface area contributed by atoms with E-state index in [9.17, 15) is 5.11 Å². The van der Waals surface area contributed by atoms with Crippen molar-refractivity contribution in [2.45, 2.75) is 31.8 Å². The van der Waals surface area contributed by atoms with Gasteiger partial charge >= 0.3 is 0 Å². The average molecular weight is 325 g/mol. The second-order valence-electron chi connectivity index (χ2n) is 6.73. The third kappa shape index (κ3) is 2.96. The van der Waals surface area contributed by atoms with Crippen molar-refractivity contribution in [2.24, 2.45) is 11.1 Å². The number of benzene rings is 2. The van der Waals surface area contributed by atoms with Gasteiger partial charge in [0.1, 0.15) is 8.07 Å². The molecule has 0 saturated heterocycles. The van der Waals surface area contributed by atoms with Gasteiger partial charge in [-0.2, -0.15) is 0 Å². The second-order valence-corrected chi connectivity index (χ2v) is 11.3. The van der Waals surface area contributed by atoms with E-state index >= 15 is 0 Å². The van der Waals surface area contributed by atoms with Crippen LogP contribution in [0.15, 0.2) is 65.8 Å². The lowest BCUT2D eigenvalue weighted by molar-refractivity contribution is -0.00172. The lowest BCUT2D eigenvalue weighted by Gasteiger charge is -2.33. The largest absolute Gasteiger partial charge is 0.392 e. The highest BCUT2D eigenvalue weighted by molar-refractivity contribution is 6.90. The molecule has 0 bridgehead atoms. The van der Waals surface area contributed by atoms with Crippen LogP contribution in [0.5, 0.6) is 0 Å². The summed E-state index contributed by atoms with van der Waals surface area (Å²) in [5, 5.41) is 16.5. The predicted octanol–water partition coefficient (Wildman–Crippen LogP) is 2.94. The zero-order valence-electron chi connectivity index (χ0n) is 13.8. The molecule has 0 aromatic heterocycles. The Morgan fingerprint density at radius 3 is 2.17 bits per heavy atom. The monoisotopic (exact) mass is 325 g/mol. The summed E-state index contributed by atoms with van der Waals surface area (Å²) in [6.07, 6.45) is -0.285. The standard InChI is InChI=1S/C19H23NO2Si/c1-14-17(15-10-6-4-7-11-15)20-22-18(14)19(21)23(2,3)16-12-8-5-9-13-16/h4-14,18-19,21H,1-3H3/t14-,18-,19-/m0/s1. The van der Waals surface area contributed by atoms with E-state index in [1.165, 1.54) is 5.19 Å². The molecule has 4 heteroatoms. The zero-order chi connectivity index (χ0) is 16.4. The van der Waals surface area contributed by atoms with Crippen molar-refractivity contribution in [3.8, 4) is 0 Å². The molecule has 120 valence electrons. The number of hydrogen-bond donors (Lipinski definition) is 1. The van der Waals surface area contributed by atoms with Crippen LogP contribution in [0.1, 0.15) is 12.5 Å². The normalized spacial score (nSPS) is 22.3. The summed E-state index contributed by atoms with van der Waals surface area (Å²) in [5.74, 6) is 0.0721. The van der Waals surface area contributed by atoms with Gasteiger partial charge in [0, 0.05) is 5.92 Å². The molecule has 0 radical (unpaired) electrons. The fourth-order valence-corrected chi connectivity index (χ4v) is 5.72. The van der Waals surface area contributed by atoms with Crippen molar-refractivity contribution < 1.29 is 9.94 Å². The maximum atomic E-state index is 11.0. The van der Waals surface area contributed by atoms with Gasteiger partial charge in [-0.25, -0.2) is 0 Å². The minimum atomic E-state index is -2.06. The average Bonchev–Trinajstić information content (AvgIpc) is 2.97. The number of aliphatic hydroxyl groups is 1. The number of hydrogen-bond acceptors (Lipinski definition) is 3. The van der Waals surface area contributed by atoms with E-state index in [0.717, 1.165) is 11.3 Å². The molecule has 2 aromatic carbocycles. The summed E-state index contributed by atoms with van der Waals surface area (Å²) in [6, 6.07) is 20.3. The number of aliphatic hydroxyl groups excluding tert-OH is 1. The van der Waals surface area contributed by atoms with Crippen LogP contribution >= 0.6 is 0 Å². The molecule has 1 aliphatic heterocycles. The van der Waals surface area contributed by atoms with Crippen molar-refractivity contribution >= 4 is 19.0 Å². The van der Waals surface area contributed by atoms with Crippen LogP contribution in [0.2, 0.25) is 13.1 Å². The van der Waals surface area contributed by atoms with Crippen LogP contribution in [0.3, 0.4) is 0 Å². The summed E-state index contributed by atoms with van der Waals surface area (Å²) < 4.78 is 0. The van der Waals surface area contributed by atoms with Gasteiger partial charge in [-0.3, -0.25) is 0 Å². The molecule has 0 unspecified atom stereocenters. The molecule has 0 saturated carbocycles. The molecule has 1 heterocycles. The molecule has 0 amide bonds. The Kier molecular flexibility index (Phi) is 4.37. The van der Waals surface area contributed by atoms with Crippen LogP contribution in [0.25, 0.3) is 0 Å². The molecule has 2 aromatic rings. The lowest BCUT2D eigenvalue weighted by Crippen LogP contribution is -2.58. The molecule has 1 N–H and O–H groups in total. The molecule has 23 heavy (non-hydrogen) atoms. The van der Waals surface area contributed by atoms with E-state index in [1.807, 2.05) is 48.5 Å². The second kappa shape index (κ2) is 6.30. The first-order chi connectivity index (χ1) is 11.0. The molecular weight excluding hydrogens is 302 g/mol. The fourth-order valence-electron chi connectivity index (χ4n) is 3.15. The van der Waals surface area contributed by atoms with E-state index < -0.39 is 13.8 Å². The Balaban J connectivity index is 1.81. The number of rotatable bonds is 4. The Morgan fingerprint density at radius 1 is 1.00 bits per heavy atom. The van der Waals surface area contributed by atoms with Crippen LogP contribution in [0, 0.1) is 5.92 Å². The zero-order valence-corrected chi connectivity index (χ0v) is 14.8. The molecule has 3 nitrogen and oxygen atoms in total. The Hall–Kier alpha value is -1.91. The summed E-state index contributed by atoms with van der Waals surface area (Å²) in [7, 11) is -2.06. The van der Waals surface area contributed by atoms with E-state index in [1.54, 1.807) is 0 Å². The quantitative estimate of drug-likeness (QED) is 0.878. The molecule has 0 fully saturated rings. The Labute approximate surface area is 138 Å². The van der Waals surface area contributed by atoms with Crippen LogP contribution < -0.4 is 5.19 Å². The smallest absolute Gasteiger partial charge is 0.158 e. The van der Waals surface area contributed by atoms with E-state index in [0.29, 0.717) is 0 Å². The van der Waals surface area contributed by atoms with Crippen molar-refractivity contribution in [1.82, 2.24) is 0 Å². The van der Waals surface area contributed by atoms with Crippen molar-refractivity contribution in [3.05, 3.63) is 66.2 Å². The first-order valence-electron chi connectivity index (χ1n) is 8.04. The first-order valence-corrected chi connectivity index (χ1v) is 11.1. The molecule has 0 spiro atoms. The van der Waals surface area contributed by atoms with Gasteiger partial charge in [-0.05, 0) is 5.56 Å². The van der Waals surface area contributed by atoms with Gasteiger partial charge in [0.15, 0.2) is 6.10 Å². The Bertz CT molecular complexity index is 685. The van der Waals surface area contributed by atoms with Gasteiger partial charge in [-0.15, -0.1) is 0 Å². The topological polar surface area (TPSA) is 41.8 Å². The first kappa shape index (κ1) is 16.0. The van der Waals surface area contributed by atoms with Crippen LogP contribution in [-0.4, -0.2) is 30.7 Å². The molecule has 0 aliphatic carbocycles. The highest BCUT2D eigenvalue weighted by atomic mass is 28.3. The summed E-state index contributed by atoms with van der Waals surface area (Å²) in [5.41, 5.74) is 1.48. The maximum Gasteiger partial charge on any atom is 0.158 e. The predicted molar refractivity (Wildman–Crippen MR) is 96.6 cm³/mol. The van der Waals surface area contributed by atoms with Crippen LogP contribution in [-0.2, 0) is 4.84 Å². The SMILES string of the molecule is C[C@H]1C(c2ccccc2)=NO[C@@H]1[C@@H](O)[Si](C)(C)c1ccccc1. The van der Waals surface area contributed by atoms with Crippen molar-refractivity contribution in [1.29, 1.82) is 0 Å². The summed E-state index contributed by atoms with van der Waals surface area (Å²) in [4.78, 5) is 5.67. The molecule has 1 aliphatic rings. The van der Waals surface area contributed by atoms with Gasteiger partial charge in [0.2, 0.25) is 0 Å². The third-order valence-electron chi connectivity index (χ3n) is 4.83. The minimum absolute atomic E-state index is 0.0721. The number of oxime groups is 1. The summed E-state index contributed by atoms with van der Waals surface area (Å²) >= 11 is 0. The number of nitrogens with zero attached hydrogens (tertiary/aromatic N) is 1. The van der Waals surface area contributed by atoms with Crippen molar-refractivity contribution in [3.63, 3.8) is 0 Å². The van der Waals surface area contributed by atoms with E-state index in [2.05, 4.69) is 37.3 Å². The molecule has 3 atom stereocenters. The van der Waals surface area contributed by atoms with Gasteiger partial charge in [-0.1, -0.05) is 91.0 Å². The van der Waals surface area contributed by atoms with Gasteiger partial charge < -0.3 is 9.94 Å². The highest BCUT2D eigenvalue weighted by Crippen LogP contribution is 2.28. The molecule has 3 rings (SSSR count). The molecular formula is C19H23NO2Si. The van der Waals surface area contributed by atoms with Crippen LogP contribution in [0.4, 0.5) is 0 Å². The highest BCUT2D eigenvalue weighted by Gasteiger charge is 2.45. The summed E-state index contributed by atoms with van der Waals surface area (Å²) in [6.45, 7) is 6.45. The minimum Gasteiger partial charge on any atom is -0.392 e. The third-order valence-corrected chi connectivity index (χ3v) is 8.46. The Morgan fingerprint density at radius 2 is 1.57 bits per heavy atom. The van der Waals surface area contributed by atoms with E-state index in [-0.39, 0.29) is 12.0 Å². The van der Waals surface area contributed by atoms with Gasteiger partial charge in [0.05, 0.1) is 11.4 Å². The lowest BCUT2D eigenvalue weighted by atomic mass is 9.94. The van der Waals surface area contributed by atoms with Gasteiger partial charge in [0.25, 0.3) is 0 Å². The fraction of sp³-hybridized carbons (Fsp3) is 0.316. The van der Waals surface area contributed by atoms with Crippen molar-refractivity contribution in [2.75, 3.05) is 0 Å². The maximum absolute atomic E-state index is 11.0. The van der Waals surface area contributed by atoms with E-state index in [4.69, 9.17) is 4.84 Å².